The Morgan fingerprint density at radius 2 is 2.00 bits per heavy atom. The van der Waals surface area contributed by atoms with Crippen LogP contribution in [0.3, 0.4) is 0 Å². The first kappa shape index (κ1) is 16.1. The van der Waals surface area contributed by atoms with Gasteiger partial charge in [0.1, 0.15) is 5.82 Å². The van der Waals surface area contributed by atoms with Crippen LogP contribution in [-0.2, 0) is 4.74 Å². The highest BCUT2D eigenvalue weighted by atomic mass is 19.1. The number of carbonyl (C=O) groups is 1. The van der Waals surface area contributed by atoms with Crippen LogP contribution in [-0.4, -0.2) is 56.1 Å². The molecular formula is C16H23FN2O2. The van der Waals surface area contributed by atoms with E-state index in [2.05, 4.69) is 10.2 Å². The zero-order chi connectivity index (χ0) is 15.1. The van der Waals surface area contributed by atoms with Crippen LogP contribution in [0.25, 0.3) is 0 Å². The van der Waals surface area contributed by atoms with E-state index in [0.29, 0.717) is 5.56 Å². The number of rotatable bonds is 7. The van der Waals surface area contributed by atoms with E-state index < -0.39 is 0 Å². The van der Waals surface area contributed by atoms with Gasteiger partial charge in [-0.25, -0.2) is 4.39 Å². The van der Waals surface area contributed by atoms with Crippen molar-refractivity contribution >= 4 is 5.78 Å². The minimum absolute atomic E-state index is 0.00127. The molecule has 0 aromatic heterocycles. The third-order valence-corrected chi connectivity index (χ3v) is 3.73. The molecule has 21 heavy (non-hydrogen) atoms. The van der Waals surface area contributed by atoms with E-state index in [1.807, 2.05) is 6.92 Å². The lowest BCUT2D eigenvalue weighted by atomic mass is 10.1. The number of ketones is 1. The summed E-state index contributed by atoms with van der Waals surface area (Å²) in [6.07, 6.45) is 1.00. The van der Waals surface area contributed by atoms with Crippen molar-refractivity contribution in [3.05, 3.63) is 35.6 Å². The topological polar surface area (TPSA) is 41.6 Å². The summed E-state index contributed by atoms with van der Waals surface area (Å²) in [5.74, 6) is -0.320. The van der Waals surface area contributed by atoms with E-state index in [9.17, 15) is 9.18 Å². The SMILES string of the molecule is CC(NCCCN1CCOCC1)C(=O)c1ccc(F)cc1. The molecule has 1 heterocycles. The average molecular weight is 294 g/mol. The summed E-state index contributed by atoms with van der Waals surface area (Å²) in [5, 5.41) is 3.23. The lowest BCUT2D eigenvalue weighted by Crippen LogP contribution is -2.39. The predicted octanol–water partition coefficient (Wildman–Crippen LogP) is 1.71. The molecule has 1 aromatic rings. The van der Waals surface area contributed by atoms with Gasteiger partial charge in [-0.05, 0) is 50.7 Å². The summed E-state index contributed by atoms with van der Waals surface area (Å²) in [5.41, 5.74) is 0.546. The first-order valence-corrected chi connectivity index (χ1v) is 7.50. The highest BCUT2D eigenvalue weighted by Gasteiger charge is 2.15. The summed E-state index contributed by atoms with van der Waals surface area (Å²) in [4.78, 5) is 14.5. The lowest BCUT2D eigenvalue weighted by molar-refractivity contribution is 0.0374. The number of benzene rings is 1. The Morgan fingerprint density at radius 3 is 2.67 bits per heavy atom. The number of ether oxygens (including phenoxy) is 1. The first-order chi connectivity index (χ1) is 10.2. The van der Waals surface area contributed by atoms with Gasteiger partial charge in [-0.1, -0.05) is 0 Å². The largest absolute Gasteiger partial charge is 0.379 e. The van der Waals surface area contributed by atoms with Gasteiger partial charge >= 0.3 is 0 Å². The quantitative estimate of drug-likeness (QED) is 0.614. The molecule has 116 valence electrons. The molecule has 1 atom stereocenters. The smallest absolute Gasteiger partial charge is 0.179 e. The molecule has 0 spiro atoms. The minimum Gasteiger partial charge on any atom is -0.379 e. The van der Waals surface area contributed by atoms with Crippen LogP contribution in [0.1, 0.15) is 23.7 Å². The molecule has 0 amide bonds. The number of Topliss-reactive ketones (excluding diaryl/α,β-unsaturated/α-hetero) is 1. The molecule has 0 aliphatic carbocycles. The monoisotopic (exact) mass is 294 g/mol. The number of hydrogen-bond donors (Lipinski definition) is 1. The fourth-order valence-electron chi connectivity index (χ4n) is 2.40. The summed E-state index contributed by atoms with van der Waals surface area (Å²) in [7, 11) is 0. The van der Waals surface area contributed by atoms with Crippen molar-refractivity contribution in [3.8, 4) is 0 Å². The van der Waals surface area contributed by atoms with E-state index in [1.165, 1.54) is 24.3 Å². The molecule has 1 fully saturated rings. The molecular weight excluding hydrogens is 271 g/mol. The maximum atomic E-state index is 12.8. The van der Waals surface area contributed by atoms with Gasteiger partial charge in [0, 0.05) is 18.7 Å². The van der Waals surface area contributed by atoms with Crippen LogP contribution in [0.5, 0.6) is 0 Å². The van der Waals surface area contributed by atoms with Crippen molar-refractivity contribution in [1.29, 1.82) is 0 Å². The van der Waals surface area contributed by atoms with Crippen molar-refractivity contribution in [3.63, 3.8) is 0 Å². The van der Waals surface area contributed by atoms with E-state index >= 15 is 0 Å². The fourth-order valence-corrected chi connectivity index (χ4v) is 2.40. The van der Waals surface area contributed by atoms with Crippen molar-refractivity contribution in [2.24, 2.45) is 0 Å². The maximum absolute atomic E-state index is 12.8. The molecule has 1 saturated heterocycles. The highest BCUT2D eigenvalue weighted by Crippen LogP contribution is 2.06. The Hall–Kier alpha value is -1.30. The molecule has 0 radical (unpaired) electrons. The number of halogens is 1. The Kier molecular flexibility index (Phi) is 6.29. The second-order valence-corrected chi connectivity index (χ2v) is 5.35. The molecule has 5 heteroatoms. The Balaban J connectivity index is 1.67. The standard InChI is InChI=1S/C16H23FN2O2/c1-13(16(20)14-3-5-15(17)6-4-14)18-7-2-8-19-9-11-21-12-10-19/h3-6,13,18H,2,7-12H2,1H3. The van der Waals surface area contributed by atoms with Crippen LogP contribution in [0.15, 0.2) is 24.3 Å². The summed E-state index contributed by atoms with van der Waals surface area (Å²) < 4.78 is 18.1. The molecule has 0 bridgehead atoms. The maximum Gasteiger partial charge on any atom is 0.179 e. The van der Waals surface area contributed by atoms with Crippen LogP contribution in [0, 0.1) is 5.82 Å². The van der Waals surface area contributed by atoms with Crippen molar-refractivity contribution < 1.29 is 13.9 Å². The number of hydrogen-bond acceptors (Lipinski definition) is 4. The summed E-state index contributed by atoms with van der Waals surface area (Å²) in [6, 6.07) is 5.45. The van der Waals surface area contributed by atoms with Gasteiger partial charge in [-0.3, -0.25) is 9.69 Å². The van der Waals surface area contributed by atoms with Gasteiger partial charge in [-0.2, -0.15) is 0 Å². The summed E-state index contributed by atoms with van der Waals surface area (Å²) in [6.45, 7) is 7.27. The number of nitrogens with one attached hydrogen (secondary N) is 1. The van der Waals surface area contributed by atoms with Gasteiger partial charge in [0.05, 0.1) is 19.3 Å². The second-order valence-electron chi connectivity index (χ2n) is 5.35. The molecule has 1 aromatic carbocycles. The van der Waals surface area contributed by atoms with Gasteiger partial charge in [0.25, 0.3) is 0 Å². The predicted molar refractivity (Wildman–Crippen MR) is 80.1 cm³/mol. The first-order valence-electron chi connectivity index (χ1n) is 7.50. The van der Waals surface area contributed by atoms with Crippen LogP contribution in [0.2, 0.25) is 0 Å². The third-order valence-electron chi connectivity index (χ3n) is 3.73. The summed E-state index contributed by atoms with van der Waals surface area (Å²) >= 11 is 0. The Bertz CT molecular complexity index is 444. The van der Waals surface area contributed by atoms with Gasteiger partial charge < -0.3 is 10.1 Å². The van der Waals surface area contributed by atoms with E-state index in [0.717, 1.165) is 45.8 Å². The van der Waals surface area contributed by atoms with E-state index in [4.69, 9.17) is 4.74 Å². The van der Waals surface area contributed by atoms with Gasteiger partial charge in [0.15, 0.2) is 5.78 Å². The lowest BCUT2D eigenvalue weighted by Gasteiger charge is -2.26. The molecule has 1 unspecified atom stereocenters. The van der Waals surface area contributed by atoms with Crippen LogP contribution < -0.4 is 5.32 Å². The fraction of sp³-hybridized carbons (Fsp3) is 0.562. The third kappa shape index (κ3) is 5.19. The Labute approximate surface area is 125 Å². The zero-order valence-corrected chi connectivity index (χ0v) is 12.5. The molecule has 1 N–H and O–H groups in total. The highest BCUT2D eigenvalue weighted by molar-refractivity contribution is 5.99. The Morgan fingerprint density at radius 1 is 1.33 bits per heavy atom. The molecule has 1 aliphatic heterocycles. The zero-order valence-electron chi connectivity index (χ0n) is 12.5. The van der Waals surface area contributed by atoms with Gasteiger partial charge in [-0.15, -0.1) is 0 Å². The number of morpholine rings is 1. The minimum atomic E-state index is -0.322. The normalized spacial score (nSPS) is 17.6. The number of nitrogens with zero attached hydrogens (tertiary/aromatic N) is 1. The molecule has 0 saturated carbocycles. The van der Waals surface area contributed by atoms with Crippen molar-refractivity contribution in [1.82, 2.24) is 10.2 Å². The molecule has 1 aliphatic rings. The van der Waals surface area contributed by atoms with Crippen molar-refractivity contribution in [2.75, 3.05) is 39.4 Å². The molecule has 4 nitrogen and oxygen atoms in total. The van der Waals surface area contributed by atoms with Crippen molar-refractivity contribution in [2.45, 2.75) is 19.4 Å². The average Bonchev–Trinajstić information content (AvgIpc) is 2.52. The van der Waals surface area contributed by atoms with E-state index in [-0.39, 0.29) is 17.6 Å². The van der Waals surface area contributed by atoms with Gasteiger partial charge in [0.2, 0.25) is 0 Å². The van der Waals surface area contributed by atoms with E-state index in [1.54, 1.807) is 0 Å². The second kappa shape index (κ2) is 8.22. The molecule has 2 rings (SSSR count). The number of carbonyl (C=O) groups excluding carboxylic acids is 1. The van der Waals surface area contributed by atoms with Crippen LogP contribution >= 0.6 is 0 Å². The van der Waals surface area contributed by atoms with Crippen LogP contribution in [0.4, 0.5) is 4.39 Å².